The molecule has 6 heteroatoms. The highest BCUT2D eigenvalue weighted by molar-refractivity contribution is 7.89. The average Bonchev–Trinajstić information content (AvgIpc) is 3.10. The number of amides is 1. The van der Waals surface area contributed by atoms with E-state index in [9.17, 15) is 13.2 Å². The fourth-order valence-electron chi connectivity index (χ4n) is 3.59. The minimum Gasteiger partial charge on any atom is -0.352 e. The number of hydrogen-bond acceptors (Lipinski definition) is 3. The van der Waals surface area contributed by atoms with Crippen LogP contribution in [0.15, 0.2) is 53.4 Å². The standard InChI is InChI=1S/C22H28N2O3S/c1-16(2)24(3)28(26,27)21-10-6-9-20(15-21)22(25)23-12-11-17-13-18-7-4-5-8-19(18)14-17/h4-10,15-17H,11-14H2,1-3H3,(H,23,25). The minimum absolute atomic E-state index is 0.141. The number of fused-ring (bicyclic) bond motifs is 1. The van der Waals surface area contributed by atoms with Crippen LogP contribution in [0.4, 0.5) is 0 Å². The first-order valence-corrected chi connectivity index (χ1v) is 11.2. The van der Waals surface area contributed by atoms with Gasteiger partial charge < -0.3 is 5.32 Å². The van der Waals surface area contributed by atoms with Gasteiger partial charge in [0, 0.05) is 25.2 Å². The maximum absolute atomic E-state index is 12.6. The van der Waals surface area contributed by atoms with Crippen molar-refractivity contribution < 1.29 is 13.2 Å². The molecule has 3 rings (SSSR count). The molecule has 0 spiro atoms. The van der Waals surface area contributed by atoms with Gasteiger partial charge in [0.2, 0.25) is 10.0 Å². The Balaban J connectivity index is 1.58. The van der Waals surface area contributed by atoms with E-state index in [0.29, 0.717) is 18.0 Å². The Kier molecular flexibility index (Phi) is 6.20. The molecule has 0 heterocycles. The molecule has 2 aromatic carbocycles. The zero-order valence-corrected chi connectivity index (χ0v) is 17.5. The second kappa shape index (κ2) is 8.45. The number of benzene rings is 2. The smallest absolute Gasteiger partial charge is 0.251 e. The molecule has 0 atom stereocenters. The van der Waals surface area contributed by atoms with Crippen molar-refractivity contribution in [1.82, 2.24) is 9.62 Å². The molecule has 150 valence electrons. The van der Waals surface area contributed by atoms with E-state index in [4.69, 9.17) is 0 Å². The SMILES string of the molecule is CC(C)N(C)S(=O)(=O)c1cccc(C(=O)NCCC2Cc3ccccc3C2)c1. The summed E-state index contributed by atoms with van der Waals surface area (Å²) in [4.78, 5) is 12.6. The van der Waals surface area contributed by atoms with E-state index in [-0.39, 0.29) is 16.8 Å². The van der Waals surface area contributed by atoms with Crippen molar-refractivity contribution >= 4 is 15.9 Å². The van der Waals surface area contributed by atoms with E-state index in [1.165, 1.54) is 27.6 Å². The fraction of sp³-hybridized carbons (Fsp3) is 0.409. The molecule has 28 heavy (non-hydrogen) atoms. The molecule has 2 aromatic rings. The van der Waals surface area contributed by atoms with Crippen LogP contribution in [0, 0.1) is 5.92 Å². The van der Waals surface area contributed by atoms with Gasteiger partial charge in [-0.3, -0.25) is 4.79 Å². The second-order valence-corrected chi connectivity index (χ2v) is 9.73. The zero-order valence-electron chi connectivity index (χ0n) is 16.7. The summed E-state index contributed by atoms with van der Waals surface area (Å²) in [7, 11) is -2.06. The fourth-order valence-corrected chi connectivity index (χ4v) is 5.00. The number of nitrogens with zero attached hydrogens (tertiary/aromatic N) is 1. The number of carbonyl (C=O) groups is 1. The lowest BCUT2D eigenvalue weighted by molar-refractivity contribution is 0.0951. The zero-order chi connectivity index (χ0) is 20.3. The third-order valence-corrected chi connectivity index (χ3v) is 7.50. The minimum atomic E-state index is -3.61. The summed E-state index contributed by atoms with van der Waals surface area (Å²) in [5, 5.41) is 2.94. The van der Waals surface area contributed by atoms with Crippen molar-refractivity contribution in [3.8, 4) is 0 Å². The van der Waals surface area contributed by atoms with E-state index in [1.54, 1.807) is 19.2 Å². The second-order valence-electron chi connectivity index (χ2n) is 7.73. The molecular weight excluding hydrogens is 372 g/mol. The van der Waals surface area contributed by atoms with Gasteiger partial charge in [-0.25, -0.2) is 8.42 Å². The monoisotopic (exact) mass is 400 g/mol. The largest absolute Gasteiger partial charge is 0.352 e. The van der Waals surface area contributed by atoms with Gasteiger partial charge in [0.05, 0.1) is 4.90 Å². The third kappa shape index (κ3) is 4.45. The van der Waals surface area contributed by atoms with Crippen LogP contribution in [0.5, 0.6) is 0 Å². The molecule has 1 N–H and O–H groups in total. The van der Waals surface area contributed by atoms with Gasteiger partial charge in [-0.1, -0.05) is 30.3 Å². The molecule has 1 aliphatic rings. The molecule has 1 amide bonds. The van der Waals surface area contributed by atoms with Gasteiger partial charge in [0.25, 0.3) is 5.91 Å². The highest BCUT2D eigenvalue weighted by atomic mass is 32.2. The molecule has 0 aromatic heterocycles. The third-order valence-electron chi connectivity index (χ3n) is 5.47. The van der Waals surface area contributed by atoms with Crippen LogP contribution in [0.2, 0.25) is 0 Å². The normalized spacial score (nSPS) is 14.5. The Morgan fingerprint density at radius 1 is 1.11 bits per heavy atom. The first-order valence-electron chi connectivity index (χ1n) is 9.72. The molecule has 0 bridgehead atoms. The predicted octanol–water partition coefficient (Wildman–Crippen LogP) is 3.25. The van der Waals surface area contributed by atoms with Crippen LogP contribution >= 0.6 is 0 Å². The van der Waals surface area contributed by atoms with Crippen molar-refractivity contribution in [1.29, 1.82) is 0 Å². The number of hydrogen-bond donors (Lipinski definition) is 1. The molecule has 5 nitrogen and oxygen atoms in total. The summed E-state index contributed by atoms with van der Waals surface area (Å²) < 4.78 is 26.6. The van der Waals surface area contributed by atoms with Crippen molar-refractivity contribution in [2.45, 2.75) is 44.0 Å². The molecule has 0 radical (unpaired) electrons. The maximum Gasteiger partial charge on any atom is 0.251 e. The topological polar surface area (TPSA) is 66.5 Å². The summed E-state index contributed by atoms with van der Waals surface area (Å²) in [6, 6.07) is 14.6. The first kappa shape index (κ1) is 20.6. The quantitative estimate of drug-likeness (QED) is 0.776. The lowest BCUT2D eigenvalue weighted by atomic mass is 10.0. The Morgan fingerprint density at radius 2 is 1.75 bits per heavy atom. The van der Waals surface area contributed by atoms with Gasteiger partial charge in [-0.05, 0) is 68.4 Å². The van der Waals surface area contributed by atoms with Crippen LogP contribution in [-0.2, 0) is 22.9 Å². The highest BCUT2D eigenvalue weighted by Crippen LogP contribution is 2.28. The molecule has 0 aliphatic heterocycles. The first-order chi connectivity index (χ1) is 13.3. The molecule has 0 fully saturated rings. The van der Waals surface area contributed by atoms with Gasteiger partial charge in [-0.15, -0.1) is 0 Å². The van der Waals surface area contributed by atoms with Crippen molar-refractivity contribution in [3.05, 3.63) is 65.2 Å². The lowest BCUT2D eigenvalue weighted by Gasteiger charge is -2.21. The van der Waals surface area contributed by atoms with Gasteiger partial charge in [-0.2, -0.15) is 4.31 Å². The Labute approximate surface area is 167 Å². The lowest BCUT2D eigenvalue weighted by Crippen LogP contribution is -2.33. The summed E-state index contributed by atoms with van der Waals surface area (Å²) >= 11 is 0. The number of carbonyl (C=O) groups excluding carboxylic acids is 1. The van der Waals surface area contributed by atoms with E-state index in [0.717, 1.165) is 19.3 Å². The Morgan fingerprint density at radius 3 is 2.36 bits per heavy atom. The molecular formula is C22H28N2O3S. The van der Waals surface area contributed by atoms with Crippen LogP contribution in [0.25, 0.3) is 0 Å². The Hall–Kier alpha value is -2.18. The summed E-state index contributed by atoms with van der Waals surface area (Å²) in [6.07, 6.45) is 3.02. The maximum atomic E-state index is 12.6. The number of rotatable bonds is 7. The average molecular weight is 401 g/mol. The summed E-state index contributed by atoms with van der Waals surface area (Å²) in [5.74, 6) is 0.309. The van der Waals surface area contributed by atoms with Crippen LogP contribution < -0.4 is 5.32 Å². The van der Waals surface area contributed by atoms with Crippen LogP contribution in [0.3, 0.4) is 0 Å². The molecule has 0 saturated heterocycles. The van der Waals surface area contributed by atoms with Gasteiger partial charge in [0.15, 0.2) is 0 Å². The Bertz CT molecular complexity index is 929. The van der Waals surface area contributed by atoms with Crippen LogP contribution in [0.1, 0.15) is 41.8 Å². The molecule has 1 aliphatic carbocycles. The molecule has 0 unspecified atom stereocenters. The number of nitrogens with one attached hydrogen (secondary N) is 1. The van der Waals surface area contributed by atoms with E-state index in [1.807, 2.05) is 13.8 Å². The molecule has 0 saturated carbocycles. The van der Waals surface area contributed by atoms with Crippen molar-refractivity contribution in [3.63, 3.8) is 0 Å². The summed E-state index contributed by atoms with van der Waals surface area (Å²) in [6.45, 7) is 4.21. The highest BCUT2D eigenvalue weighted by Gasteiger charge is 2.24. The van der Waals surface area contributed by atoms with E-state index in [2.05, 4.69) is 29.6 Å². The van der Waals surface area contributed by atoms with Crippen molar-refractivity contribution in [2.24, 2.45) is 5.92 Å². The van der Waals surface area contributed by atoms with Gasteiger partial charge >= 0.3 is 0 Å². The van der Waals surface area contributed by atoms with Crippen molar-refractivity contribution in [2.75, 3.05) is 13.6 Å². The predicted molar refractivity (Wildman–Crippen MR) is 111 cm³/mol. The number of sulfonamides is 1. The van der Waals surface area contributed by atoms with Crippen LogP contribution in [-0.4, -0.2) is 38.3 Å². The van der Waals surface area contributed by atoms with Gasteiger partial charge in [0.1, 0.15) is 0 Å². The van der Waals surface area contributed by atoms with E-state index < -0.39 is 10.0 Å². The van der Waals surface area contributed by atoms with E-state index >= 15 is 0 Å². The summed E-state index contributed by atoms with van der Waals surface area (Å²) in [5.41, 5.74) is 3.19.